The van der Waals surface area contributed by atoms with Crippen LogP contribution in [0.4, 0.5) is 0 Å². The Morgan fingerprint density at radius 3 is 2.33 bits per heavy atom. The third-order valence-corrected chi connectivity index (χ3v) is 3.85. The van der Waals surface area contributed by atoms with E-state index in [2.05, 4.69) is 68.7 Å². The minimum atomic E-state index is 0.0858. The molecule has 0 spiro atoms. The van der Waals surface area contributed by atoms with Gasteiger partial charge in [-0.1, -0.05) is 48.3 Å². The predicted octanol–water partition coefficient (Wildman–Crippen LogP) is 5.04. The zero-order valence-corrected chi connectivity index (χ0v) is 13.4. The number of pyridine rings is 1. The Kier molecular flexibility index (Phi) is 3.50. The highest BCUT2D eigenvalue weighted by Crippen LogP contribution is 2.29. The van der Waals surface area contributed by atoms with Crippen molar-refractivity contribution in [2.75, 3.05) is 0 Å². The number of hydrogen-bond acceptors (Lipinski definition) is 1. The number of halogens is 1. The first-order valence-electron chi connectivity index (χ1n) is 6.30. The molecule has 2 aromatic rings. The summed E-state index contributed by atoms with van der Waals surface area (Å²) in [4.78, 5) is 4.87. The lowest BCUT2D eigenvalue weighted by Crippen LogP contribution is -2.14. The van der Waals surface area contributed by atoms with Gasteiger partial charge in [0.2, 0.25) is 0 Å². The van der Waals surface area contributed by atoms with Crippen LogP contribution in [0.1, 0.15) is 43.2 Å². The topological polar surface area (TPSA) is 12.9 Å². The zero-order valence-electron chi connectivity index (χ0n) is 11.8. The molecule has 96 valence electrons. The van der Waals surface area contributed by atoms with Crippen molar-refractivity contribution in [2.24, 2.45) is 0 Å². The van der Waals surface area contributed by atoms with Crippen molar-refractivity contribution < 1.29 is 0 Å². The molecule has 18 heavy (non-hydrogen) atoms. The first kappa shape index (κ1) is 13.5. The number of aromatic nitrogens is 1. The molecule has 0 aliphatic rings. The molecule has 1 aromatic carbocycles. The molecule has 2 rings (SSSR count). The van der Waals surface area contributed by atoms with Crippen molar-refractivity contribution in [3.8, 4) is 0 Å². The molecule has 0 amide bonds. The molecular weight excluding hydrogens is 286 g/mol. The molecule has 0 bridgehead atoms. The van der Waals surface area contributed by atoms with Crippen molar-refractivity contribution >= 4 is 26.8 Å². The van der Waals surface area contributed by atoms with E-state index in [1.165, 1.54) is 22.1 Å². The largest absolute Gasteiger partial charge is 0.252 e. The number of alkyl halides is 1. The Bertz CT molecular complexity index is 594. The van der Waals surface area contributed by atoms with Gasteiger partial charge in [-0.15, -0.1) is 0 Å². The summed E-state index contributed by atoms with van der Waals surface area (Å²) in [5.74, 6) is 0. The number of hydrogen-bond donors (Lipinski definition) is 0. The summed E-state index contributed by atoms with van der Waals surface area (Å²) in [5, 5.41) is 2.15. The molecular formula is C16H20BrN. The monoisotopic (exact) mass is 305 g/mol. The van der Waals surface area contributed by atoms with Gasteiger partial charge < -0.3 is 0 Å². The normalized spacial score (nSPS) is 12.1. The van der Waals surface area contributed by atoms with Crippen molar-refractivity contribution in [3.05, 3.63) is 40.6 Å². The third-order valence-electron chi connectivity index (χ3n) is 3.25. The summed E-state index contributed by atoms with van der Waals surface area (Å²) in [6.45, 7) is 10.9. The zero-order chi connectivity index (χ0) is 13.5. The van der Waals surface area contributed by atoms with Gasteiger partial charge in [-0.2, -0.15) is 0 Å². The Hall–Kier alpha value is -0.890. The van der Waals surface area contributed by atoms with Gasteiger partial charge in [0, 0.05) is 21.8 Å². The van der Waals surface area contributed by atoms with Crippen LogP contribution in [-0.4, -0.2) is 4.98 Å². The molecule has 0 N–H and O–H groups in total. The van der Waals surface area contributed by atoms with E-state index in [0.29, 0.717) is 0 Å². The number of aryl methyl sites for hydroxylation is 2. The van der Waals surface area contributed by atoms with E-state index in [-0.39, 0.29) is 5.41 Å². The highest BCUT2D eigenvalue weighted by atomic mass is 79.9. The van der Waals surface area contributed by atoms with Gasteiger partial charge in [-0.25, -0.2) is 0 Å². The summed E-state index contributed by atoms with van der Waals surface area (Å²) in [5.41, 5.74) is 6.28. The molecule has 0 unspecified atom stereocenters. The fourth-order valence-electron chi connectivity index (χ4n) is 2.24. The van der Waals surface area contributed by atoms with Crippen LogP contribution >= 0.6 is 15.9 Å². The van der Waals surface area contributed by atoms with Crippen LogP contribution in [-0.2, 0) is 10.7 Å². The van der Waals surface area contributed by atoms with E-state index >= 15 is 0 Å². The molecule has 0 radical (unpaired) electrons. The predicted molar refractivity (Wildman–Crippen MR) is 82.5 cm³/mol. The molecule has 0 saturated heterocycles. The van der Waals surface area contributed by atoms with E-state index in [0.717, 1.165) is 16.5 Å². The highest BCUT2D eigenvalue weighted by Gasteiger charge is 2.18. The molecule has 1 heterocycles. The van der Waals surface area contributed by atoms with Gasteiger partial charge in [0.1, 0.15) is 0 Å². The molecule has 1 aromatic heterocycles. The maximum absolute atomic E-state index is 4.87. The van der Waals surface area contributed by atoms with Gasteiger partial charge in [-0.05, 0) is 37.1 Å². The van der Waals surface area contributed by atoms with Crippen LogP contribution in [0.5, 0.6) is 0 Å². The van der Waals surface area contributed by atoms with Crippen LogP contribution in [0.25, 0.3) is 10.9 Å². The van der Waals surface area contributed by atoms with Crippen LogP contribution in [0, 0.1) is 13.8 Å². The minimum absolute atomic E-state index is 0.0858. The van der Waals surface area contributed by atoms with Crippen molar-refractivity contribution in [3.63, 3.8) is 0 Å². The van der Waals surface area contributed by atoms with Gasteiger partial charge >= 0.3 is 0 Å². The highest BCUT2D eigenvalue weighted by molar-refractivity contribution is 9.08. The fraction of sp³-hybridized carbons (Fsp3) is 0.438. The first-order valence-corrected chi connectivity index (χ1v) is 7.42. The summed E-state index contributed by atoms with van der Waals surface area (Å²) >= 11 is 3.60. The maximum Gasteiger partial charge on any atom is 0.0737 e. The Balaban J connectivity index is 2.84. The molecule has 0 aliphatic carbocycles. The van der Waals surface area contributed by atoms with E-state index in [1.807, 2.05) is 0 Å². The molecule has 1 nitrogen and oxygen atoms in total. The number of fused-ring (bicyclic) bond motifs is 1. The van der Waals surface area contributed by atoms with Crippen molar-refractivity contribution in [1.29, 1.82) is 0 Å². The molecule has 0 saturated carbocycles. The van der Waals surface area contributed by atoms with E-state index in [9.17, 15) is 0 Å². The quantitative estimate of drug-likeness (QED) is 0.672. The number of rotatable bonds is 1. The maximum atomic E-state index is 4.87. The standard InChI is InChI=1S/C16H20BrN/c1-10-6-11(2)15-13(7-10)12(9-17)8-14(18-15)16(3,4)5/h6-8H,9H2,1-5H3. The molecule has 2 heteroatoms. The smallest absolute Gasteiger partial charge is 0.0737 e. The summed E-state index contributed by atoms with van der Waals surface area (Å²) in [6.07, 6.45) is 0. The molecule has 0 fully saturated rings. The van der Waals surface area contributed by atoms with Gasteiger partial charge in [-0.3, -0.25) is 4.98 Å². The number of benzene rings is 1. The third kappa shape index (κ3) is 2.44. The van der Waals surface area contributed by atoms with Crippen molar-refractivity contribution in [1.82, 2.24) is 4.98 Å². The second-order valence-electron chi connectivity index (χ2n) is 6.03. The summed E-state index contributed by atoms with van der Waals surface area (Å²) < 4.78 is 0. The van der Waals surface area contributed by atoms with Crippen LogP contribution in [0.3, 0.4) is 0 Å². The van der Waals surface area contributed by atoms with Crippen molar-refractivity contribution in [2.45, 2.75) is 45.4 Å². The van der Waals surface area contributed by atoms with Crippen LogP contribution in [0.15, 0.2) is 18.2 Å². The van der Waals surface area contributed by atoms with Gasteiger partial charge in [0.15, 0.2) is 0 Å². The summed E-state index contributed by atoms with van der Waals surface area (Å²) in [6, 6.07) is 6.67. The van der Waals surface area contributed by atoms with Crippen LogP contribution < -0.4 is 0 Å². The molecule has 0 atom stereocenters. The SMILES string of the molecule is Cc1cc(C)c2nc(C(C)(C)C)cc(CBr)c2c1. The van der Waals surface area contributed by atoms with E-state index in [4.69, 9.17) is 4.98 Å². The number of nitrogens with zero attached hydrogens (tertiary/aromatic N) is 1. The van der Waals surface area contributed by atoms with Gasteiger partial charge in [0.25, 0.3) is 0 Å². The van der Waals surface area contributed by atoms with E-state index < -0.39 is 0 Å². The Labute approximate surface area is 118 Å². The lowest BCUT2D eigenvalue weighted by molar-refractivity contribution is 0.571. The fourth-order valence-corrected chi connectivity index (χ4v) is 2.71. The second kappa shape index (κ2) is 4.65. The lowest BCUT2D eigenvalue weighted by Gasteiger charge is -2.20. The van der Waals surface area contributed by atoms with Crippen LogP contribution in [0.2, 0.25) is 0 Å². The average molecular weight is 306 g/mol. The van der Waals surface area contributed by atoms with E-state index in [1.54, 1.807) is 0 Å². The average Bonchev–Trinajstić information content (AvgIpc) is 2.26. The Morgan fingerprint density at radius 1 is 1.11 bits per heavy atom. The lowest BCUT2D eigenvalue weighted by atomic mass is 9.89. The summed E-state index contributed by atoms with van der Waals surface area (Å²) in [7, 11) is 0. The minimum Gasteiger partial charge on any atom is -0.252 e. The first-order chi connectivity index (χ1) is 8.32. The second-order valence-corrected chi connectivity index (χ2v) is 6.59. The molecule has 0 aliphatic heterocycles. The van der Waals surface area contributed by atoms with Gasteiger partial charge in [0.05, 0.1) is 5.52 Å². The Morgan fingerprint density at radius 2 is 1.78 bits per heavy atom.